The van der Waals surface area contributed by atoms with Gasteiger partial charge in [-0.2, -0.15) is 0 Å². The number of aryl methyl sites for hydroxylation is 1. The number of hydrogen-bond donors (Lipinski definition) is 2. The van der Waals surface area contributed by atoms with Gasteiger partial charge in [-0.15, -0.1) is 0 Å². The number of amides is 1. The minimum Gasteiger partial charge on any atom is -0.507 e. The second-order valence-corrected chi connectivity index (χ2v) is 6.93. The summed E-state index contributed by atoms with van der Waals surface area (Å²) in [6.45, 7) is 1.71. The van der Waals surface area contributed by atoms with E-state index in [1.807, 2.05) is 6.92 Å². The van der Waals surface area contributed by atoms with E-state index in [1.165, 1.54) is 0 Å². The molecular weight excluding hydrogens is 382 g/mol. The largest absolute Gasteiger partial charge is 0.507 e. The molecule has 0 spiro atoms. The van der Waals surface area contributed by atoms with Gasteiger partial charge in [-0.25, -0.2) is 0 Å². The van der Waals surface area contributed by atoms with Crippen LogP contribution in [-0.4, -0.2) is 39.3 Å². The van der Waals surface area contributed by atoms with Crippen molar-refractivity contribution < 1.29 is 24.6 Å². The van der Waals surface area contributed by atoms with Crippen molar-refractivity contribution in [2.75, 3.05) is 6.54 Å². The molecule has 6 nitrogen and oxygen atoms in total. The Bertz CT molecular complexity index is 981. The van der Waals surface area contributed by atoms with Crippen LogP contribution in [0.4, 0.5) is 0 Å². The number of likely N-dealkylation sites (tertiary alicyclic amines) is 1. The topological polar surface area (TPSA) is 94.9 Å². The van der Waals surface area contributed by atoms with Crippen molar-refractivity contribution in [1.29, 1.82) is 0 Å². The van der Waals surface area contributed by atoms with Gasteiger partial charge in [0, 0.05) is 17.1 Å². The number of carbonyl (C=O) groups is 3. The van der Waals surface area contributed by atoms with Crippen LogP contribution < -0.4 is 0 Å². The van der Waals surface area contributed by atoms with Gasteiger partial charge in [0.1, 0.15) is 5.76 Å². The first-order chi connectivity index (χ1) is 13.3. The molecule has 0 aliphatic carbocycles. The van der Waals surface area contributed by atoms with Crippen molar-refractivity contribution in [2.45, 2.75) is 19.4 Å². The van der Waals surface area contributed by atoms with Gasteiger partial charge in [0.25, 0.3) is 11.7 Å². The van der Waals surface area contributed by atoms with E-state index in [-0.39, 0.29) is 24.3 Å². The van der Waals surface area contributed by atoms with Crippen molar-refractivity contribution >= 4 is 35.0 Å². The first-order valence-corrected chi connectivity index (χ1v) is 9.00. The summed E-state index contributed by atoms with van der Waals surface area (Å²) in [5, 5.41) is 20.2. The number of carboxylic acid groups (broad SMARTS) is 1. The monoisotopic (exact) mass is 399 g/mol. The fraction of sp³-hybridized carbons (Fsp3) is 0.190. The number of carboxylic acids is 1. The Balaban J connectivity index is 2.18. The van der Waals surface area contributed by atoms with Crippen molar-refractivity contribution in [3.05, 3.63) is 75.8 Å². The molecule has 1 aliphatic rings. The third-order valence-electron chi connectivity index (χ3n) is 4.63. The zero-order valence-corrected chi connectivity index (χ0v) is 15.8. The summed E-state index contributed by atoms with van der Waals surface area (Å²) in [5.41, 5.74) is 1.70. The van der Waals surface area contributed by atoms with E-state index in [4.69, 9.17) is 16.7 Å². The van der Waals surface area contributed by atoms with Crippen molar-refractivity contribution in [1.82, 2.24) is 4.90 Å². The zero-order chi connectivity index (χ0) is 20.4. The van der Waals surface area contributed by atoms with Gasteiger partial charge in [0.15, 0.2) is 0 Å². The molecule has 1 aliphatic heterocycles. The number of nitrogens with zero attached hydrogens (tertiary/aromatic N) is 1. The van der Waals surface area contributed by atoms with Gasteiger partial charge in [0.05, 0.1) is 18.0 Å². The number of carbonyl (C=O) groups excluding carboxylic acids is 2. The lowest BCUT2D eigenvalue weighted by atomic mass is 9.95. The normalized spacial score (nSPS) is 18.5. The fourth-order valence-corrected chi connectivity index (χ4v) is 3.45. The summed E-state index contributed by atoms with van der Waals surface area (Å²) in [5.74, 6) is -3.15. The van der Waals surface area contributed by atoms with E-state index in [1.54, 1.807) is 48.5 Å². The molecular formula is C21H18ClNO5. The van der Waals surface area contributed by atoms with E-state index in [0.29, 0.717) is 16.1 Å². The number of benzene rings is 2. The standard InChI is InChI=1S/C21H18ClNO5/c1-12-6-8-13(9-7-12)19(26)17-18(14-4-2-3-5-15(14)22)23(11-10-16(24)25)21(28)20(17)27/h2-9,18,26H,10-11H2,1H3,(H,24,25)/b19-17+. The predicted octanol–water partition coefficient (Wildman–Crippen LogP) is 3.54. The maximum Gasteiger partial charge on any atom is 0.305 e. The van der Waals surface area contributed by atoms with Crippen LogP contribution >= 0.6 is 11.6 Å². The van der Waals surface area contributed by atoms with Crippen LogP contribution in [0.1, 0.15) is 29.2 Å². The summed E-state index contributed by atoms with van der Waals surface area (Å²) < 4.78 is 0. The minimum absolute atomic E-state index is 0.104. The van der Waals surface area contributed by atoms with Crippen LogP contribution in [0.2, 0.25) is 5.02 Å². The number of rotatable bonds is 5. The Hall–Kier alpha value is -3.12. The van der Waals surface area contributed by atoms with E-state index in [9.17, 15) is 19.5 Å². The van der Waals surface area contributed by atoms with Gasteiger partial charge < -0.3 is 15.1 Å². The molecule has 2 aromatic carbocycles. The number of hydrogen-bond acceptors (Lipinski definition) is 4. The Kier molecular flexibility index (Phi) is 5.51. The summed E-state index contributed by atoms with van der Waals surface area (Å²) in [6.07, 6.45) is -0.335. The Morgan fingerprint density at radius 2 is 1.71 bits per heavy atom. The molecule has 7 heteroatoms. The molecule has 0 saturated carbocycles. The first-order valence-electron chi connectivity index (χ1n) is 8.63. The van der Waals surface area contributed by atoms with E-state index in [2.05, 4.69) is 0 Å². The van der Waals surface area contributed by atoms with Crippen LogP contribution in [0.5, 0.6) is 0 Å². The molecule has 144 valence electrons. The van der Waals surface area contributed by atoms with Crippen LogP contribution in [0.25, 0.3) is 5.76 Å². The second-order valence-electron chi connectivity index (χ2n) is 6.52. The molecule has 1 atom stereocenters. The minimum atomic E-state index is -1.10. The molecule has 0 bridgehead atoms. The molecule has 1 fully saturated rings. The maximum absolute atomic E-state index is 12.7. The number of aliphatic hydroxyl groups is 1. The molecule has 28 heavy (non-hydrogen) atoms. The van der Waals surface area contributed by atoms with Crippen molar-refractivity contribution in [3.8, 4) is 0 Å². The van der Waals surface area contributed by atoms with Crippen LogP contribution in [0.3, 0.4) is 0 Å². The molecule has 0 radical (unpaired) electrons. The summed E-state index contributed by atoms with van der Waals surface area (Å²) in [6, 6.07) is 12.6. The zero-order valence-electron chi connectivity index (χ0n) is 15.1. The number of halogens is 1. The number of ketones is 1. The summed E-state index contributed by atoms with van der Waals surface area (Å²) >= 11 is 6.29. The molecule has 2 aromatic rings. The van der Waals surface area contributed by atoms with Crippen molar-refractivity contribution in [3.63, 3.8) is 0 Å². The molecule has 3 rings (SSSR count). The first kappa shape index (κ1) is 19.6. The summed E-state index contributed by atoms with van der Waals surface area (Å²) in [7, 11) is 0. The highest BCUT2D eigenvalue weighted by Crippen LogP contribution is 2.41. The van der Waals surface area contributed by atoms with Crippen molar-refractivity contribution in [2.24, 2.45) is 0 Å². The van der Waals surface area contributed by atoms with Gasteiger partial charge in [-0.3, -0.25) is 14.4 Å². The number of aliphatic carboxylic acids is 1. The lowest BCUT2D eigenvalue weighted by molar-refractivity contribution is -0.142. The molecule has 1 saturated heterocycles. The lowest BCUT2D eigenvalue weighted by Crippen LogP contribution is -2.32. The predicted molar refractivity (Wildman–Crippen MR) is 104 cm³/mol. The third-order valence-corrected chi connectivity index (χ3v) is 4.98. The number of aliphatic hydroxyl groups excluding tert-OH is 1. The Labute approximate surface area is 166 Å². The quantitative estimate of drug-likeness (QED) is 0.455. The highest BCUT2D eigenvalue weighted by atomic mass is 35.5. The van der Waals surface area contributed by atoms with Gasteiger partial charge in [-0.1, -0.05) is 59.6 Å². The Morgan fingerprint density at radius 3 is 2.32 bits per heavy atom. The average molecular weight is 400 g/mol. The number of Topliss-reactive ketones (excluding diaryl/α,β-unsaturated/α-hetero) is 1. The molecule has 1 unspecified atom stereocenters. The van der Waals surface area contributed by atoms with E-state index < -0.39 is 23.7 Å². The maximum atomic E-state index is 12.7. The smallest absolute Gasteiger partial charge is 0.305 e. The van der Waals surface area contributed by atoms with E-state index in [0.717, 1.165) is 10.5 Å². The molecule has 1 amide bonds. The summed E-state index contributed by atoms with van der Waals surface area (Å²) in [4.78, 5) is 37.5. The van der Waals surface area contributed by atoms with E-state index >= 15 is 0 Å². The van der Waals surface area contributed by atoms with Crippen LogP contribution in [0.15, 0.2) is 54.1 Å². The van der Waals surface area contributed by atoms with Gasteiger partial charge in [-0.05, 0) is 18.6 Å². The second kappa shape index (κ2) is 7.86. The highest BCUT2D eigenvalue weighted by molar-refractivity contribution is 6.47. The average Bonchev–Trinajstić information content (AvgIpc) is 2.91. The Morgan fingerprint density at radius 1 is 1.07 bits per heavy atom. The molecule has 2 N–H and O–H groups in total. The van der Waals surface area contributed by atoms with Gasteiger partial charge >= 0.3 is 5.97 Å². The van der Waals surface area contributed by atoms with Crippen LogP contribution in [0, 0.1) is 6.92 Å². The highest BCUT2D eigenvalue weighted by Gasteiger charge is 2.46. The lowest BCUT2D eigenvalue weighted by Gasteiger charge is -2.25. The van der Waals surface area contributed by atoms with Crippen LogP contribution in [-0.2, 0) is 14.4 Å². The van der Waals surface area contributed by atoms with Gasteiger partial charge in [0.2, 0.25) is 0 Å². The molecule has 1 heterocycles. The molecule has 0 aromatic heterocycles. The third kappa shape index (κ3) is 3.64. The fourth-order valence-electron chi connectivity index (χ4n) is 3.21. The SMILES string of the molecule is Cc1ccc(/C(O)=C2\C(=O)C(=O)N(CCC(=O)O)C2c2ccccc2Cl)cc1.